The normalized spacial score (nSPS) is 26.3. The van der Waals surface area contributed by atoms with Crippen LogP contribution in [0.5, 0.6) is 0 Å². The second-order valence-electron chi connectivity index (χ2n) is 4.01. The monoisotopic (exact) mass is 212 g/mol. The van der Waals surface area contributed by atoms with Gasteiger partial charge in [0.25, 0.3) is 5.79 Å². The summed E-state index contributed by atoms with van der Waals surface area (Å²) in [6, 6.07) is 0. The third-order valence-electron chi connectivity index (χ3n) is 2.84. The predicted octanol–water partition coefficient (Wildman–Crippen LogP) is -0.455. The van der Waals surface area contributed by atoms with Gasteiger partial charge in [-0.3, -0.25) is 0 Å². The lowest BCUT2D eigenvalue weighted by molar-refractivity contribution is -0.209. The maximum absolute atomic E-state index is 11.3. The minimum absolute atomic E-state index is 0.537. The van der Waals surface area contributed by atoms with Crippen LogP contribution in [-0.2, 0) is 9.47 Å². The Bertz CT molecular complexity index is 281. The Hall–Kier alpha value is -1.24. The van der Waals surface area contributed by atoms with Crippen molar-refractivity contribution in [3.63, 3.8) is 0 Å². The maximum atomic E-state index is 11.3. The van der Waals surface area contributed by atoms with Crippen molar-refractivity contribution in [2.24, 2.45) is 0 Å². The Balaban J connectivity index is 2.10. The molecule has 0 N–H and O–H groups in total. The molecule has 0 unspecified atom stereocenters. The molecule has 0 aromatic heterocycles. The molecule has 0 aromatic rings. The first kappa shape index (κ1) is 10.3. The largest absolute Gasteiger partial charge is 0.422 e. The second kappa shape index (κ2) is 3.41. The van der Waals surface area contributed by atoms with E-state index in [1.807, 2.05) is 7.98 Å². The minimum Gasteiger partial charge on any atom is -0.406 e. The number of rotatable bonds is 0. The van der Waals surface area contributed by atoms with Gasteiger partial charge in [0.05, 0.1) is 0 Å². The van der Waals surface area contributed by atoms with Crippen molar-refractivity contribution in [1.29, 1.82) is 0 Å². The van der Waals surface area contributed by atoms with E-state index in [0.717, 1.165) is 18.0 Å². The van der Waals surface area contributed by atoms with Gasteiger partial charge in [-0.25, -0.2) is 14.5 Å². The summed E-state index contributed by atoms with van der Waals surface area (Å²) in [5.74, 6) is -1.02. The van der Waals surface area contributed by atoms with Crippen LogP contribution in [0.25, 0.3) is 0 Å². The zero-order valence-corrected chi connectivity index (χ0v) is 8.86. The van der Waals surface area contributed by atoms with Crippen molar-refractivity contribution >= 4 is 20.2 Å². The lowest BCUT2D eigenvalue weighted by Gasteiger charge is -2.42. The number of carbonyl (C=O) groups excluding carboxylic acids is 2. The number of amides is 2. The molecule has 82 valence electrons. The number of nitrogens with zero attached hydrogens (tertiary/aromatic N) is 2. The quantitative estimate of drug-likeness (QED) is 0.508. The molecule has 2 aliphatic heterocycles. The van der Waals surface area contributed by atoms with Crippen LogP contribution in [0.4, 0.5) is 9.59 Å². The van der Waals surface area contributed by atoms with Gasteiger partial charge in [0.2, 0.25) is 0 Å². The molecule has 2 heterocycles. The van der Waals surface area contributed by atoms with E-state index < -0.39 is 18.0 Å². The molecule has 0 saturated carbocycles. The SMILES string of the molecule is BN1CCC2(CC1)OC(=O)N(C)C(=O)O2. The molecule has 2 aliphatic rings. The number of hydrogen-bond donors (Lipinski definition) is 0. The Kier molecular flexibility index (Phi) is 2.34. The van der Waals surface area contributed by atoms with Gasteiger partial charge in [-0.15, -0.1) is 0 Å². The smallest absolute Gasteiger partial charge is 0.406 e. The van der Waals surface area contributed by atoms with E-state index in [2.05, 4.69) is 4.81 Å². The Labute approximate surface area is 88.5 Å². The Morgan fingerprint density at radius 3 is 2.13 bits per heavy atom. The van der Waals surface area contributed by atoms with E-state index in [9.17, 15) is 9.59 Å². The van der Waals surface area contributed by atoms with Crippen LogP contribution in [0.3, 0.4) is 0 Å². The summed E-state index contributed by atoms with van der Waals surface area (Å²) in [5.41, 5.74) is 0. The van der Waals surface area contributed by atoms with Crippen LogP contribution in [0.2, 0.25) is 0 Å². The highest BCUT2D eigenvalue weighted by atomic mass is 16.8. The first-order valence-corrected chi connectivity index (χ1v) is 4.91. The van der Waals surface area contributed by atoms with Gasteiger partial charge in [0.1, 0.15) is 0 Å². The highest BCUT2D eigenvalue weighted by Gasteiger charge is 2.47. The summed E-state index contributed by atoms with van der Waals surface area (Å²) in [6.07, 6.45) is -0.185. The third kappa shape index (κ3) is 1.79. The van der Waals surface area contributed by atoms with Crippen molar-refractivity contribution in [3.8, 4) is 0 Å². The van der Waals surface area contributed by atoms with Crippen molar-refractivity contribution < 1.29 is 19.1 Å². The summed E-state index contributed by atoms with van der Waals surface area (Å²) in [7, 11) is 3.32. The van der Waals surface area contributed by atoms with Crippen LogP contribution < -0.4 is 0 Å². The van der Waals surface area contributed by atoms with Gasteiger partial charge in [0.15, 0.2) is 7.98 Å². The van der Waals surface area contributed by atoms with Crippen LogP contribution in [0.1, 0.15) is 12.8 Å². The molecular weight excluding hydrogens is 199 g/mol. The third-order valence-corrected chi connectivity index (χ3v) is 2.84. The molecule has 0 aliphatic carbocycles. The van der Waals surface area contributed by atoms with Crippen LogP contribution in [0.15, 0.2) is 0 Å². The molecule has 0 atom stereocenters. The zero-order valence-electron chi connectivity index (χ0n) is 8.86. The van der Waals surface area contributed by atoms with E-state index in [0.29, 0.717) is 12.8 Å². The van der Waals surface area contributed by atoms with E-state index in [-0.39, 0.29) is 0 Å². The fourth-order valence-corrected chi connectivity index (χ4v) is 1.71. The molecule has 2 amide bonds. The van der Waals surface area contributed by atoms with E-state index in [1.54, 1.807) is 0 Å². The second-order valence-corrected chi connectivity index (χ2v) is 4.01. The molecule has 0 aromatic carbocycles. The highest BCUT2D eigenvalue weighted by Crippen LogP contribution is 2.31. The average Bonchev–Trinajstić information content (AvgIpc) is 2.20. The van der Waals surface area contributed by atoms with Gasteiger partial charge >= 0.3 is 12.2 Å². The summed E-state index contributed by atoms with van der Waals surface area (Å²) >= 11 is 0. The number of carbonyl (C=O) groups is 2. The molecule has 0 bridgehead atoms. The Morgan fingerprint density at radius 2 is 1.67 bits per heavy atom. The molecule has 0 radical (unpaired) electrons. The van der Waals surface area contributed by atoms with Crippen LogP contribution in [-0.4, -0.2) is 55.8 Å². The standard InChI is InChI=1S/C8H13BN2O4/c1-10-6(12)14-8(15-7(10)13)2-4-11(9)5-3-8/h2-5,9H2,1H3. The molecule has 2 saturated heterocycles. The number of imide groups is 1. The zero-order chi connectivity index (χ0) is 11.1. The first-order chi connectivity index (χ1) is 7.02. The molecule has 6 nitrogen and oxygen atoms in total. The average molecular weight is 212 g/mol. The molecule has 2 fully saturated rings. The van der Waals surface area contributed by atoms with Crippen LogP contribution in [0, 0.1) is 0 Å². The topological polar surface area (TPSA) is 59.1 Å². The number of ether oxygens (including phenoxy) is 2. The molecule has 15 heavy (non-hydrogen) atoms. The summed E-state index contributed by atoms with van der Waals surface area (Å²) in [6.45, 7) is 1.51. The van der Waals surface area contributed by atoms with Gasteiger partial charge in [0, 0.05) is 19.9 Å². The lowest BCUT2D eigenvalue weighted by atomic mass is 10.0. The predicted molar refractivity (Wildman–Crippen MR) is 52.8 cm³/mol. The Morgan fingerprint density at radius 1 is 1.20 bits per heavy atom. The molecule has 7 heteroatoms. The van der Waals surface area contributed by atoms with Crippen LogP contribution >= 0.6 is 0 Å². The summed E-state index contributed by atoms with van der Waals surface area (Å²) < 4.78 is 10.3. The fourth-order valence-electron chi connectivity index (χ4n) is 1.71. The van der Waals surface area contributed by atoms with Gasteiger partial charge in [-0.2, -0.15) is 0 Å². The molecule has 1 spiro atoms. The number of hydrogen-bond acceptors (Lipinski definition) is 5. The number of piperidine rings is 1. The maximum Gasteiger partial charge on any atom is 0.422 e. The minimum atomic E-state index is -1.02. The van der Waals surface area contributed by atoms with Crippen molar-refractivity contribution in [1.82, 2.24) is 9.71 Å². The van der Waals surface area contributed by atoms with E-state index >= 15 is 0 Å². The molecular formula is C8H13BN2O4. The van der Waals surface area contributed by atoms with Gasteiger partial charge in [-0.05, 0) is 13.1 Å². The lowest BCUT2D eigenvalue weighted by Crippen LogP contribution is -2.56. The summed E-state index contributed by atoms with van der Waals surface area (Å²) in [4.78, 5) is 25.6. The highest BCUT2D eigenvalue weighted by molar-refractivity contribution is 6.04. The van der Waals surface area contributed by atoms with Crippen molar-refractivity contribution in [2.45, 2.75) is 18.6 Å². The van der Waals surface area contributed by atoms with E-state index in [1.165, 1.54) is 7.05 Å². The fraction of sp³-hybridized carbons (Fsp3) is 0.750. The summed E-state index contributed by atoms with van der Waals surface area (Å²) in [5, 5.41) is 0. The van der Waals surface area contributed by atoms with Gasteiger partial charge in [-0.1, -0.05) is 0 Å². The molecule has 2 rings (SSSR count). The van der Waals surface area contributed by atoms with E-state index in [4.69, 9.17) is 9.47 Å². The van der Waals surface area contributed by atoms with Gasteiger partial charge < -0.3 is 14.3 Å². The van der Waals surface area contributed by atoms with Crippen molar-refractivity contribution in [2.75, 3.05) is 20.1 Å². The first-order valence-electron chi connectivity index (χ1n) is 4.91. The van der Waals surface area contributed by atoms with Crippen molar-refractivity contribution in [3.05, 3.63) is 0 Å².